The molecule has 0 fully saturated rings. The minimum atomic E-state index is -4.46. The lowest BCUT2D eigenvalue weighted by molar-refractivity contribution is -0.137. The number of nitrogen functional groups attached to an aromatic ring is 2. The van der Waals surface area contributed by atoms with Gasteiger partial charge in [-0.2, -0.15) is 18.2 Å². The van der Waals surface area contributed by atoms with E-state index < -0.39 is 11.7 Å². The van der Waals surface area contributed by atoms with Crippen molar-refractivity contribution < 1.29 is 13.2 Å². The van der Waals surface area contributed by atoms with E-state index >= 15 is 0 Å². The zero-order valence-corrected chi connectivity index (χ0v) is 12.2. The molecule has 0 radical (unpaired) electrons. The van der Waals surface area contributed by atoms with Gasteiger partial charge in [0.2, 0.25) is 5.95 Å². The molecule has 0 saturated carbocycles. The summed E-state index contributed by atoms with van der Waals surface area (Å²) in [6.45, 7) is 0. The number of anilines is 2. The number of pyridine rings is 1. The van der Waals surface area contributed by atoms with Gasteiger partial charge in [0.1, 0.15) is 5.82 Å². The maximum absolute atomic E-state index is 13.0. The van der Waals surface area contributed by atoms with Crippen molar-refractivity contribution in [2.24, 2.45) is 0 Å². The number of hydrogen-bond donors (Lipinski definition) is 2. The van der Waals surface area contributed by atoms with E-state index in [1.807, 2.05) is 0 Å². The van der Waals surface area contributed by atoms with Crippen LogP contribution in [0, 0.1) is 0 Å². The van der Waals surface area contributed by atoms with Crippen LogP contribution in [0.1, 0.15) is 5.56 Å². The second kappa shape index (κ2) is 5.80. The molecule has 0 aliphatic carbocycles. The van der Waals surface area contributed by atoms with Gasteiger partial charge in [-0.15, -0.1) is 0 Å². The van der Waals surface area contributed by atoms with Gasteiger partial charge in [0.15, 0.2) is 0 Å². The monoisotopic (exact) mass is 331 g/mol. The molecular formula is C16H12F3N5. The van der Waals surface area contributed by atoms with E-state index in [2.05, 4.69) is 15.0 Å². The molecule has 0 atom stereocenters. The summed E-state index contributed by atoms with van der Waals surface area (Å²) in [7, 11) is 0. The van der Waals surface area contributed by atoms with Gasteiger partial charge in [-0.05, 0) is 18.2 Å². The van der Waals surface area contributed by atoms with E-state index in [0.717, 1.165) is 12.1 Å². The van der Waals surface area contributed by atoms with E-state index in [-0.39, 0.29) is 23.0 Å². The zero-order valence-electron chi connectivity index (χ0n) is 12.2. The first kappa shape index (κ1) is 15.7. The first-order valence-electron chi connectivity index (χ1n) is 6.87. The molecule has 0 spiro atoms. The van der Waals surface area contributed by atoms with Crippen molar-refractivity contribution in [1.29, 1.82) is 0 Å². The summed E-state index contributed by atoms with van der Waals surface area (Å²) < 4.78 is 38.9. The Morgan fingerprint density at radius 3 is 2.33 bits per heavy atom. The maximum atomic E-state index is 13.0. The van der Waals surface area contributed by atoms with Crippen LogP contribution in [-0.2, 0) is 6.18 Å². The molecule has 3 rings (SSSR count). The highest BCUT2D eigenvalue weighted by Gasteiger charge is 2.31. The van der Waals surface area contributed by atoms with Gasteiger partial charge in [-0.25, -0.2) is 4.98 Å². The molecule has 0 unspecified atom stereocenters. The standard InChI is InChI=1S/C16H12F3N5/c17-16(18,19)11-5-1-3-9(7-11)13-12(10-4-2-6-22-8-10)14(20)24-15(21)23-13/h1-8H,(H4,20,21,23,24). The van der Waals surface area contributed by atoms with Crippen molar-refractivity contribution >= 4 is 11.8 Å². The Balaban J connectivity index is 2.25. The van der Waals surface area contributed by atoms with Crippen LogP contribution in [0.25, 0.3) is 22.4 Å². The van der Waals surface area contributed by atoms with Crippen LogP contribution < -0.4 is 11.5 Å². The van der Waals surface area contributed by atoms with Gasteiger partial charge in [0.25, 0.3) is 0 Å². The average molecular weight is 331 g/mol. The summed E-state index contributed by atoms with van der Waals surface area (Å²) in [6, 6.07) is 8.20. The highest BCUT2D eigenvalue weighted by molar-refractivity contribution is 5.87. The van der Waals surface area contributed by atoms with Crippen LogP contribution in [-0.4, -0.2) is 15.0 Å². The lowest BCUT2D eigenvalue weighted by Gasteiger charge is -2.13. The molecule has 24 heavy (non-hydrogen) atoms. The largest absolute Gasteiger partial charge is 0.416 e. The van der Waals surface area contributed by atoms with Crippen molar-refractivity contribution in [3.05, 3.63) is 54.4 Å². The molecule has 0 saturated heterocycles. The third kappa shape index (κ3) is 2.98. The summed E-state index contributed by atoms with van der Waals surface area (Å²) in [5.74, 6) is -0.0459. The first-order chi connectivity index (χ1) is 11.4. The summed E-state index contributed by atoms with van der Waals surface area (Å²) in [4.78, 5) is 12.0. The summed E-state index contributed by atoms with van der Waals surface area (Å²) in [5.41, 5.74) is 12.2. The molecule has 5 nitrogen and oxygen atoms in total. The molecule has 3 aromatic rings. The van der Waals surface area contributed by atoms with Gasteiger partial charge >= 0.3 is 6.18 Å². The van der Waals surface area contributed by atoms with Crippen molar-refractivity contribution in [2.75, 3.05) is 11.5 Å². The smallest absolute Gasteiger partial charge is 0.383 e. The highest BCUT2D eigenvalue weighted by Crippen LogP contribution is 2.37. The lowest BCUT2D eigenvalue weighted by Crippen LogP contribution is -2.07. The summed E-state index contributed by atoms with van der Waals surface area (Å²) in [6.07, 6.45) is -1.36. The van der Waals surface area contributed by atoms with Crippen LogP contribution in [0.4, 0.5) is 24.9 Å². The molecule has 2 aromatic heterocycles. The fraction of sp³-hybridized carbons (Fsp3) is 0.0625. The minimum absolute atomic E-state index is 0.0721. The van der Waals surface area contributed by atoms with Gasteiger partial charge < -0.3 is 11.5 Å². The Bertz CT molecular complexity index is 879. The van der Waals surface area contributed by atoms with E-state index in [1.54, 1.807) is 18.3 Å². The van der Waals surface area contributed by atoms with Gasteiger partial charge in [-0.3, -0.25) is 4.98 Å². The number of benzene rings is 1. The van der Waals surface area contributed by atoms with Crippen molar-refractivity contribution in [3.63, 3.8) is 0 Å². The quantitative estimate of drug-likeness (QED) is 0.751. The molecule has 0 bridgehead atoms. The highest BCUT2D eigenvalue weighted by atomic mass is 19.4. The second-order valence-electron chi connectivity index (χ2n) is 5.01. The van der Waals surface area contributed by atoms with E-state index in [0.29, 0.717) is 11.1 Å². The average Bonchev–Trinajstić information content (AvgIpc) is 2.54. The van der Waals surface area contributed by atoms with Crippen LogP contribution in [0.5, 0.6) is 0 Å². The third-order valence-corrected chi connectivity index (χ3v) is 3.37. The lowest BCUT2D eigenvalue weighted by atomic mass is 9.99. The van der Waals surface area contributed by atoms with Crippen LogP contribution in [0.15, 0.2) is 48.8 Å². The molecule has 4 N–H and O–H groups in total. The Hall–Kier alpha value is -3.16. The fourth-order valence-corrected chi connectivity index (χ4v) is 2.34. The molecule has 0 amide bonds. The number of hydrogen-bond acceptors (Lipinski definition) is 5. The Morgan fingerprint density at radius 1 is 0.917 bits per heavy atom. The van der Waals surface area contributed by atoms with E-state index in [1.165, 1.54) is 18.3 Å². The van der Waals surface area contributed by atoms with E-state index in [9.17, 15) is 13.2 Å². The third-order valence-electron chi connectivity index (χ3n) is 3.37. The van der Waals surface area contributed by atoms with Gasteiger partial charge in [0, 0.05) is 23.5 Å². The molecule has 0 aliphatic rings. The number of rotatable bonds is 2. The predicted octanol–water partition coefficient (Wildman–Crippen LogP) is 3.39. The molecule has 0 aliphatic heterocycles. The normalized spacial score (nSPS) is 11.5. The Morgan fingerprint density at radius 2 is 1.67 bits per heavy atom. The van der Waals surface area contributed by atoms with Crippen molar-refractivity contribution in [1.82, 2.24) is 15.0 Å². The number of aromatic nitrogens is 3. The molecule has 8 heteroatoms. The van der Waals surface area contributed by atoms with Crippen LogP contribution >= 0.6 is 0 Å². The molecule has 1 aromatic carbocycles. The summed E-state index contributed by atoms with van der Waals surface area (Å²) >= 11 is 0. The minimum Gasteiger partial charge on any atom is -0.383 e. The summed E-state index contributed by atoms with van der Waals surface area (Å²) in [5, 5.41) is 0. The Kier molecular flexibility index (Phi) is 3.80. The number of nitrogens with zero attached hydrogens (tertiary/aromatic N) is 3. The van der Waals surface area contributed by atoms with Crippen LogP contribution in [0.3, 0.4) is 0 Å². The van der Waals surface area contributed by atoms with Crippen molar-refractivity contribution in [3.8, 4) is 22.4 Å². The topological polar surface area (TPSA) is 90.7 Å². The number of halogens is 3. The Labute approximate surface area is 135 Å². The fourth-order valence-electron chi connectivity index (χ4n) is 2.34. The van der Waals surface area contributed by atoms with Gasteiger partial charge in [-0.1, -0.05) is 18.2 Å². The van der Waals surface area contributed by atoms with E-state index in [4.69, 9.17) is 11.5 Å². The SMILES string of the molecule is Nc1nc(N)c(-c2cccnc2)c(-c2cccc(C(F)(F)F)c2)n1. The van der Waals surface area contributed by atoms with Crippen LogP contribution in [0.2, 0.25) is 0 Å². The molecule has 122 valence electrons. The van der Waals surface area contributed by atoms with Gasteiger partial charge in [0.05, 0.1) is 16.8 Å². The number of nitrogens with two attached hydrogens (primary N) is 2. The zero-order chi connectivity index (χ0) is 17.3. The van der Waals surface area contributed by atoms with Crippen molar-refractivity contribution in [2.45, 2.75) is 6.18 Å². The number of alkyl halides is 3. The molecular weight excluding hydrogens is 319 g/mol. The first-order valence-corrected chi connectivity index (χ1v) is 6.87. The second-order valence-corrected chi connectivity index (χ2v) is 5.01. The molecule has 2 heterocycles. The maximum Gasteiger partial charge on any atom is 0.416 e. The predicted molar refractivity (Wildman–Crippen MR) is 84.5 cm³/mol.